The normalized spacial score (nSPS) is 27.3. The van der Waals surface area contributed by atoms with Crippen LogP contribution in [0, 0.1) is 0 Å². The molecule has 66 valence electrons. The van der Waals surface area contributed by atoms with Crippen molar-refractivity contribution in [1.82, 2.24) is 4.90 Å². The number of hydrogen-bond donors (Lipinski definition) is 0. The van der Waals surface area contributed by atoms with Gasteiger partial charge in [-0.2, -0.15) is 0 Å². The molecule has 0 aromatic heterocycles. The third kappa shape index (κ3) is 2.80. The van der Waals surface area contributed by atoms with Crippen LogP contribution in [0.4, 0.5) is 0 Å². The smallest absolute Gasteiger partial charge is 0.0619 e. The number of nitrogens with zero attached hydrogens (tertiary/aromatic N) is 1. The predicted octanol–water partition coefficient (Wildman–Crippen LogP) is 1.51. The second-order valence-corrected chi connectivity index (χ2v) is 3.31. The molecule has 11 heavy (non-hydrogen) atoms. The summed E-state index contributed by atoms with van der Waals surface area (Å²) in [4.78, 5) is 2.52. The van der Waals surface area contributed by atoms with Crippen LogP contribution in [0.5, 0.6) is 0 Å². The standard InChI is InChI=1S/C9H19NO/c1-3-4-5-10-6-7-11-8-9(10)2/h9H,3-8H2,1-2H3/t9-/m1/s1. The fraction of sp³-hybridized carbons (Fsp3) is 1.00. The van der Waals surface area contributed by atoms with Crippen LogP contribution in [-0.4, -0.2) is 37.2 Å². The third-order valence-corrected chi connectivity index (χ3v) is 2.30. The van der Waals surface area contributed by atoms with E-state index < -0.39 is 0 Å². The lowest BCUT2D eigenvalue weighted by molar-refractivity contribution is -0.000715. The molecule has 0 radical (unpaired) electrons. The molecule has 1 atom stereocenters. The molecule has 1 fully saturated rings. The minimum Gasteiger partial charge on any atom is -0.379 e. The zero-order valence-corrected chi connectivity index (χ0v) is 7.68. The molecule has 0 spiro atoms. The van der Waals surface area contributed by atoms with E-state index >= 15 is 0 Å². The van der Waals surface area contributed by atoms with Crippen molar-refractivity contribution in [1.29, 1.82) is 0 Å². The monoisotopic (exact) mass is 157 g/mol. The Balaban J connectivity index is 2.18. The third-order valence-electron chi connectivity index (χ3n) is 2.30. The van der Waals surface area contributed by atoms with Gasteiger partial charge in [0.15, 0.2) is 0 Å². The molecule has 0 unspecified atom stereocenters. The van der Waals surface area contributed by atoms with Gasteiger partial charge in [-0.25, -0.2) is 0 Å². The van der Waals surface area contributed by atoms with E-state index in [1.54, 1.807) is 0 Å². The molecule has 0 aromatic carbocycles. The molecule has 0 saturated carbocycles. The fourth-order valence-electron chi connectivity index (χ4n) is 1.45. The summed E-state index contributed by atoms with van der Waals surface area (Å²) in [6.45, 7) is 8.71. The van der Waals surface area contributed by atoms with Gasteiger partial charge in [0.25, 0.3) is 0 Å². The van der Waals surface area contributed by atoms with Crippen LogP contribution in [0.1, 0.15) is 26.7 Å². The van der Waals surface area contributed by atoms with E-state index in [-0.39, 0.29) is 0 Å². The molecule has 1 aliphatic heterocycles. The van der Waals surface area contributed by atoms with E-state index in [9.17, 15) is 0 Å². The summed E-state index contributed by atoms with van der Waals surface area (Å²) in [6, 6.07) is 0.635. The summed E-state index contributed by atoms with van der Waals surface area (Å²) in [5.74, 6) is 0. The van der Waals surface area contributed by atoms with Gasteiger partial charge in [-0.05, 0) is 19.9 Å². The van der Waals surface area contributed by atoms with Crippen molar-refractivity contribution >= 4 is 0 Å². The van der Waals surface area contributed by atoms with Gasteiger partial charge in [0.2, 0.25) is 0 Å². The molecule has 0 aliphatic carbocycles. The Bertz CT molecular complexity index is 106. The van der Waals surface area contributed by atoms with E-state index in [4.69, 9.17) is 4.74 Å². The Morgan fingerprint density at radius 2 is 2.36 bits per heavy atom. The zero-order chi connectivity index (χ0) is 8.10. The number of ether oxygens (including phenoxy) is 1. The maximum atomic E-state index is 5.35. The van der Waals surface area contributed by atoms with Gasteiger partial charge in [-0.1, -0.05) is 13.3 Å². The van der Waals surface area contributed by atoms with Gasteiger partial charge in [0, 0.05) is 12.6 Å². The lowest BCUT2D eigenvalue weighted by Gasteiger charge is -2.33. The van der Waals surface area contributed by atoms with Crippen LogP contribution in [0.2, 0.25) is 0 Å². The highest BCUT2D eigenvalue weighted by molar-refractivity contribution is 4.70. The van der Waals surface area contributed by atoms with Crippen molar-refractivity contribution in [2.75, 3.05) is 26.3 Å². The molecule has 0 N–H and O–H groups in total. The Hall–Kier alpha value is -0.0800. The van der Waals surface area contributed by atoms with Crippen LogP contribution in [0.3, 0.4) is 0 Å². The number of hydrogen-bond acceptors (Lipinski definition) is 2. The first-order chi connectivity index (χ1) is 5.34. The summed E-state index contributed by atoms with van der Waals surface area (Å²) in [5.41, 5.74) is 0. The Kier molecular flexibility index (Phi) is 3.87. The van der Waals surface area contributed by atoms with Gasteiger partial charge in [0.05, 0.1) is 13.2 Å². The first-order valence-electron chi connectivity index (χ1n) is 4.66. The van der Waals surface area contributed by atoms with Crippen LogP contribution in [0.25, 0.3) is 0 Å². The molecule has 0 amide bonds. The van der Waals surface area contributed by atoms with Crippen LogP contribution < -0.4 is 0 Å². The average molecular weight is 157 g/mol. The SMILES string of the molecule is CCCCN1CCOC[C@H]1C. The summed E-state index contributed by atoms with van der Waals surface area (Å²) in [5, 5.41) is 0. The molecule has 2 nitrogen and oxygen atoms in total. The second kappa shape index (κ2) is 4.73. The van der Waals surface area contributed by atoms with Crippen LogP contribution >= 0.6 is 0 Å². The van der Waals surface area contributed by atoms with E-state index in [2.05, 4.69) is 18.7 Å². The van der Waals surface area contributed by atoms with E-state index in [0.29, 0.717) is 6.04 Å². The lowest BCUT2D eigenvalue weighted by atomic mass is 10.2. The minimum absolute atomic E-state index is 0.635. The lowest BCUT2D eigenvalue weighted by Crippen LogP contribution is -2.43. The number of unbranched alkanes of at least 4 members (excludes halogenated alkanes) is 1. The molecular weight excluding hydrogens is 138 g/mol. The van der Waals surface area contributed by atoms with E-state index in [0.717, 1.165) is 19.8 Å². The largest absolute Gasteiger partial charge is 0.379 e. The summed E-state index contributed by atoms with van der Waals surface area (Å²) in [7, 11) is 0. The highest BCUT2D eigenvalue weighted by Gasteiger charge is 2.16. The van der Waals surface area contributed by atoms with Crippen LogP contribution in [0.15, 0.2) is 0 Å². The highest BCUT2D eigenvalue weighted by atomic mass is 16.5. The fourth-order valence-corrected chi connectivity index (χ4v) is 1.45. The first-order valence-corrected chi connectivity index (χ1v) is 4.66. The van der Waals surface area contributed by atoms with Gasteiger partial charge >= 0.3 is 0 Å². The molecule has 0 bridgehead atoms. The van der Waals surface area contributed by atoms with E-state index in [1.165, 1.54) is 19.4 Å². The van der Waals surface area contributed by atoms with Crippen molar-refractivity contribution in [3.8, 4) is 0 Å². The van der Waals surface area contributed by atoms with Crippen molar-refractivity contribution in [2.45, 2.75) is 32.7 Å². The maximum absolute atomic E-state index is 5.35. The van der Waals surface area contributed by atoms with E-state index in [1.807, 2.05) is 0 Å². The first kappa shape index (κ1) is 9.01. The predicted molar refractivity (Wildman–Crippen MR) is 46.8 cm³/mol. The van der Waals surface area contributed by atoms with Crippen LogP contribution in [-0.2, 0) is 4.74 Å². The van der Waals surface area contributed by atoms with Crippen molar-refractivity contribution in [3.05, 3.63) is 0 Å². The molecule has 1 aliphatic rings. The van der Waals surface area contributed by atoms with Gasteiger partial charge in [-0.15, -0.1) is 0 Å². The number of morpholine rings is 1. The molecule has 1 saturated heterocycles. The average Bonchev–Trinajstić information content (AvgIpc) is 2.03. The molecular formula is C9H19NO. The highest BCUT2D eigenvalue weighted by Crippen LogP contribution is 2.06. The Morgan fingerprint density at radius 1 is 1.55 bits per heavy atom. The molecule has 0 aromatic rings. The maximum Gasteiger partial charge on any atom is 0.0619 e. The van der Waals surface area contributed by atoms with Crippen molar-refractivity contribution in [3.63, 3.8) is 0 Å². The zero-order valence-electron chi connectivity index (χ0n) is 7.68. The summed E-state index contributed by atoms with van der Waals surface area (Å²) in [6.07, 6.45) is 2.62. The van der Waals surface area contributed by atoms with Crippen molar-refractivity contribution in [2.24, 2.45) is 0 Å². The van der Waals surface area contributed by atoms with Gasteiger partial charge in [0.1, 0.15) is 0 Å². The van der Waals surface area contributed by atoms with Crippen molar-refractivity contribution < 1.29 is 4.74 Å². The Morgan fingerprint density at radius 3 is 3.00 bits per heavy atom. The van der Waals surface area contributed by atoms with Gasteiger partial charge in [-0.3, -0.25) is 4.90 Å². The van der Waals surface area contributed by atoms with Gasteiger partial charge < -0.3 is 4.74 Å². The quantitative estimate of drug-likeness (QED) is 0.615. The second-order valence-electron chi connectivity index (χ2n) is 3.31. The molecule has 1 heterocycles. The minimum atomic E-state index is 0.635. The molecule has 2 heteroatoms. The Labute approximate surface area is 69.5 Å². The summed E-state index contributed by atoms with van der Waals surface area (Å²) >= 11 is 0. The topological polar surface area (TPSA) is 12.5 Å². The molecule has 1 rings (SSSR count). The summed E-state index contributed by atoms with van der Waals surface area (Å²) < 4.78 is 5.35. The number of rotatable bonds is 3.